The Bertz CT molecular complexity index is 569. The van der Waals surface area contributed by atoms with Crippen molar-refractivity contribution in [3.63, 3.8) is 0 Å². The van der Waals surface area contributed by atoms with Gasteiger partial charge in [-0.3, -0.25) is 9.55 Å². The number of rotatable bonds is 3. The number of hydrogen-bond acceptors (Lipinski definition) is 4. The average molecular weight is 271 g/mol. The van der Waals surface area contributed by atoms with E-state index in [9.17, 15) is 0 Å². The number of aromatic nitrogens is 4. The molecule has 3 rings (SSSR count). The zero-order valence-electron chi connectivity index (χ0n) is 12.1. The van der Waals surface area contributed by atoms with E-state index in [-0.39, 0.29) is 0 Å². The van der Waals surface area contributed by atoms with Crippen LogP contribution in [0.3, 0.4) is 0 Å². The zero-order valence-corrected chi connectivity index (χ0v) is 12.1. The zero-order chi connectivity index (χ0) is 13.9. The molecule has 1 aliphatic rings. The molecule has 2 aromatic heterocycles. The van der Waals surface area contributed by atoms with E-state index >= 15 is 0 Å². The minimum Gasteiger partial charge on any atom is -0.317 e. The molecule has 1 aliphatic heterocycles. The Balaban J connectivity index is 1.92. The van der Waals surface area contributed by atoms with Crippen LogP contribution in [0.2, 0.25) is 0 Å². The topological polar surface area (TPSA) is 55.6 Å². The summed E-state index contributed by atoms with van der Waals surface area (Å²) in [5, 5.41) is 3.39. The van der Waals surface area contributed by atoms with E-state index in [1.807, 2.05) is 29.4 Å². The van der Waals surface area contributed by atoms with Crippen LogP contribution in [0.25, 0.3) is 5.82 Å². The van der Waals surface area contributed by atoms with Crippen molar-refractivity contribution in [1.82, 2.24) is 24.8 Å². The van der Waals surface area contributed by atoms with Gasteiger partial charge in [0.15, 0.2) is 5.82 Å². The summed E-state index contributed by atoms with van der Waals surface area (Å²) in [5.74, 6) is 2.80. The molecular weight excluding hydrogens is 250 g/mol. The van der Waals surface area contributed by atoms with E-state index in [1.165, 1.54) is 0 Å². The van der Waals surface area contributed by atoms with Crippen molar-refractivity contribution in [3.05, 3.63) is 36.3 Å². The summed E-state index contributed by atoms with van der Waals surface area (Å²) in [7, 11) is 0. The molecule has 2 aromatic rings. The van der Waals surface area contributed by atoms with Gasteiger partial charge >= 0.3 is 0 Å². The van der Waals surface area contributed by atoms with Crippen LogP contribution in [0.5, 0.6) is 0 Å². The molecular formula is C15H21N5. The predicted molar refractivity (Wildman–Crippen MR) is 78.1 cm³/mol. The normalized spacial score (nSPS) is 16.8. The summed E-state index contributed by atoms with van der Waals surface area (Å²) < 4.78 is 2.04. The lowest BCUT2D eigenvalue weighted by molar-refractivity contribution is 0.452. The molecule has 106 valence electrons. The van der Waals surface area contributed by atoms with E-state index in [2.05, 4.69) is 29.1 Å². The standard InChI is InChI=1S/C15H21N5/c1-11(2)15-18-7-8-20(15)14-10-17-9-13(19-14)12-3-5-16-6-4-12/h7-12,16H,3-6H2,1-2H3. The van der Waals surface area contributed by atoms with Crippen LogP contribution in [-0.2, 0) is 0 Å². The summed E-state index contributed by atoms with van der Waals surface area (Å²) in [5.41, 5.74) is 1.10. The molecule has 0 amide bonds. The lowest BCUT2D eigenvalue weighted by Gasteiger charge is -2.22. The summed E-state index contributed by atoms with van der Waals surface area (Å²) in [4.78, 5) is 13.6. The average Bonchev–Trinajstić information content (AvgIpc) is 2.98. The Morgan fingerprint density at radius 1 is 1.25 bits per heavy atom. The van der Waals surface area contributed by atoms with Gasteiger partial charge in [-0.2, -0.15) is 0 Å². The Morgan fingerprint density at radius 3 is 2.80 bits per heavy atom. The Morgan fingerprint density at radius 2 is 2.05 bits per heavy atom. The molecule has 0 atom stereocenters. The van der Waals surface area contributed by atoms with Crippen molar-refractivity contribution < 1.29 is 0 Å². The Hall–Kier alpha value is -1.75. The van der Waals surface area contributed by atoms with Gasteiger partial charge in [0.2, 0.25) is 0 Å². The van der Waals surface area contributed by atoms with Crippen molar-refractivity contribution >= 4 is 0 Å². The maximum Gasteiger partial charge on any atom is 0.156 e. The van der Waals surface area contributed by atoms with Gasteiger partial charge in [-0.15, -0.1) is 0 Å². The molecule has 0 radical (unpaired) electrons. The molecule has 1 fully saturated rings. The highest BCUT2D eigenvalue weighted by atomic mass is 15.1. The molecule has 5 heteroatoms. The Kier molecular flexibility index (Phi) is 3.78. The highest BCUT2D eigenvalue weighted by Crippen LogP contribution is 2.24. The minimum absolute atomic E-state index is 0.370. The summed E-state index contributed by atoms with van der Waals surface area (Å²) in [6, 6.07) is 0. The van der Waals surface area contributed by atoms with Gasteiger partial charge < -0.3 is 5.32 Å². The van der Waals surface area contributed by atoms with Gasteiger partial charge in [-0.05, 0) is 25.9 Å². The number of nitrogens with zero attached hydrogens (tertiary/aromatic N) is 4. The van der Waals surface area contributed by atoms with Crippen molar-refractivity contribution in [3.8, 4) is 5.82 Å². The summed E-state index contributed by atoms with van der Waals surface area (Å²) in [6.45, 7) is 6.42. The van der Waals surface area contributed by atoms with Crippen LogP contribution in [0, 0.1) is 0 Å². The third-order valence-corrected chi connectivity index (χ3v) is 3.83. The van der Waals surface area contributed by atoms with Crippen LogP contribution in [0.15, 0.2) is 24.8 Å². The number of hydrogen-bond donors (Lipinski definition) is 1. The maximum absolute atomic E-state index is 4.81. The maximum atomic E-state index is 4.81. The highest BCUT2D eigenvalue weighted by molar-refractivity contribution is 5.25. The molecule has 0 spiro atoms. The molecule has 0 bridgehead atoms. The fourth-order valence-corrected chi connectivity index (χ4v) is 2.74. The molecule has 20 heavy (non-hydrogen) atoms. The second-order valence-corrected chi connectivity index (χ2v) is 5.64. The number of piperidine rings is 1. The van der Waals surface area contributed by atoms with E-state index in [0.29, 0.717) is 11.8 Å². The third kappa shape index (κ3) is 2.58. The Labute approximate surface area is 119 Å². The molecule has 0 aliphatic carbocycles. The quantitative estimate of drug-likeness (QED) is 0.930. The summed E-state index contributed by atoms with van der Waals surface area (Å²) >= 11 is 0. The second-order valence-electron chi connectivity index (χ2n) is 5.64. The first-order valence-electron chi connectivity index (χ1n) is 7.32. The van der Waals surface area contributed by atoms with E-state index < -0.39 is 0 Å². The fraction of sp³-hybridized carbons (Fsp3) is 0.533. The first kappa shape index (κ1) is 13.2. The van der Waals surface area contributed by atoms with Crippen molar-refractivity contribution in [2.45, 2.75) is 38.5 Å². The molecule has 0 saturated carbocycles. The van der Waals surface area contributed by atoms with Gasteiger partial charge in [0.05, 0.1) is 11.9 Å². The van der Waals surface area contributed by atoms with E-state index in [0.717, 1.165) is 43.3 Å². The first-order valence-corrected chi connectivity index (χ1v) is 7.32. The van der Waals surface area contributed by atoms with Gasteiger partial charge in [0, 0.05) is 30.4 Å². The predicted octanol–water partition coefficient (Wildman–Crippen LogP) is 2.25. The van der Waals surface area contributed by atoms with Gasteiger partial charge in [-0.1, -0.05) is 13.8 Å². The lowest BCUT2D eigenvalue weighted by atomic mass is 9.95. The first-order chi connectivity index (χ1) is 9.75. The fourth-order valence-electron chi connectivity index (χ4n) is 2.74. The molecule has 1 N–H and O–H groups in total. The van der Waals surface area contributed by atoms with Gasteiger partial charge in [0.1, 0.15) is 5.82 Å². The molecule has 0 unspecified atom stereocenters. The highest BCUT2D eigenvalue weighted by Gasteiger charge is 2.18. The van der Waals surface area contributed by atoms with Crippen molar-refractivity contribution in [2.24, 2.45) is 0 Å². The molecule has 0 aromatic carbocycles. The lowest BCUT2D eigenvalue weighted by Crippen LogP contribution is -2.27. The largest absolute Gasteiger partial charge is 0.317 e. The summed E-state index contributed by atoms with van der Waals surface area (Å²) in [6.07, 6.45) is 9.79. The second kappa shape index (κ2) is 5.71. The van der Waals surface area contributed by atoms with Gasteiger partial charge in [-0.25, -0.2) is 9.97 Å². The number of imidazole rings is 1. The monoisotopic (exact) mass is 271 g/mol. The van der Waals surface area contributed by atoms with Crippen LogP contribution in [-0.4, -0.2) is 32.6 Å². The molecule has 5 nitrogen and oxygen atoms in total. The molecule has 1 saturated heterocycles. The van der Waals surface area contributed by atoms with E-state index in [4.69, 9.17) is 4.98 Å². The van der Waals surface area contributed by atoms with Crippen LogP contribution >= 0.6 is 0 Å². The minimum atomic E-state index is 0.370. The van der Waals surface area contributed by atoms with Crippen molar-refractivity contribution in [2.75, 3.05) is 13.1 Å². The third-order valence-electron chi connectivity index (χ3n) is 3.83. The van der Waals surface area contributed by atoms with Crippen molar-refractivity contribution in [1.29, 1.82) is 0 Å². The number of nitrogens with one attached hydrogen (secondary N) is 1. The van der Waals surface area contributed by atoms with Crippen LogP contribution in [0.4, 0.5) is 0 Å². The molecule has 3 heterocycles. The SMILES string of the molecule is CC(C)c1nccn1-c1cncc(C2CCNCC2)n1. The van der Waals surface area contributed by atoms with E-state index in [1.54, 1.807) is 0 Å². The van der Waals surface area contributed by atoms with Crippen LogP contribution < -0.4 is 5.32 Å². The smallest absolute Gasteiger partial charge is 0.156 e. The van der Waals surface area contributed by atoms with Gasteiger partial charge in [0.25, 0.3) is 0 Å². The van der Waals surface area contributed by atoms with Crippen LogP contribution in [0.1, 0.15) is 50.0 Å².